The van der Waals surface area contributed by atoms with Crippen LogP contribution in [0.5, 0.6) is 0 Å². The summed E-state index contributed by atoms with van der Waals surface area (Å²) in [5, 5.41) is 4.39. The van der Waals surface area contributed by atoms with Gasteiger partial charge in [-0.05, 0) is 24.5 Å². The summed E-state index contributed by atoms with van der Waals surface area (Å²) in [5.74, 6) is 5.75. The van der Waals surface area contributed by atoms with E-state index in [2.05, 4.69) is 41.7 Å². The largest absolute Gasteiger partial charge is 0.275 e. The van der Waals surface area contributed by atoms with Crippen LogP contribution in [-0.2, 0) is 13.5 Å². The maximum absolute atomic E-state index is 5.75. The number of hydrogen-bond acceptors (Lipinski definition) is 3. The first-order valence-electron chi connectivity index (χ1n) is 6.70. The summed E-state index contributed by atoms with van der Waals surface area (Å²) in [6, 6.07) is 8.58. The Kier molecular flexibility index (Phi) is 4.35. The molecule has 1 aromatic heterocycles. The molecule has 0 aliphatic carbocycles. The number of nitrogens with zero attached hydrogens (tertiary/aromatic N) is 2. The Hall–Kier alpha value is -1.65. The Bertz CT molecular complexity index is 545. The lowest BCUT2D eigenvalue weighted by molar-refractivity contribution is 0.632. The van der Waals surface area contributed by atoms with Gasteiger partial charge in [0.2, 0.25) is 0 Å². The molecule has 1 heterocycles. The van der Waals surface area contributed by atoms with Crippen LogP contribution >= 0.6 is 0 Å². The predicted octanol–water partition coefficient (Wildman–Crippen LogP) is 2.23. The van der Waals surface area contributed by atoms with Gasteiger partial charge < -0.3 is 0 Å². The Morgan fingerprint density at radius 3 is 2.79 bits per heavy atom. The zero-order valence-electron chi connectivity index (χ0n) is 11.9. The van der Waals surface area contributed by atoms with Crippen LogP contribution in [0.2, 0.25) is 0 Å². The number of aryl methyl sites for hydroxylation is 3. The molecular weight excluding hydrogens is 236 g/mol. The summed E-state index contributed by atoms with van der Waals surface area (Å²) >= 11 is 0. The molecule has 0 spiro atoms. The Morgan fingerprint density at radius 2 is 2.21 bits per heavy atom. The lowest BCUT2D eigenvalue weighted by Gasteiger charge is -2.16. The van der Waals surface area contributed by atoms with Gasteiger partial charge in [0.25, 0.3) is 0 Å². The molecule has 0 amide bonds. The van der Waals surface area contributed by atoms with Gasteiger partial charge in [0, 0.05) is 18.8 Å². The topological polar surface area (TPSA) is 55.9 Å². The number of benzene rings is 1. The third-order valence-electron chi connectivity index (χ3n) is 3.35. The third-order valence-corrected chi connectivity index (χ3v) is 3.35. The second-order valence-corrected chi connectivity index (χ2v) is 4.94. The zero-order valence-corrected chi connectivity index (χ0v) is 11.9. The van der Waals surface area contributed by atoms with Crippen molar-refractivity contribution < 1.29 is 0 Å². The molecule has 0 saturated heterocycles. The monoisotopic (exact) mass is 258 g/mol. The summed E-state index contributed by atoms with van der Waals surface area (Å²) in [6.45, 7) is 4.20. The molecular formula is C15H22N4. The van der Waals surface area contributed by atoms with Crippen LogP contribution in [0.1, 0.15) is 41.8 Å². The molecule has 2 aromatic rings. The number of nitrogens with one attached hydrogen (secondary N) is 1. The predicted molar refractivity (Wildman–Crippen MR) is 77.5 cm³/mol. The van der Waals surface area contributed by atoms with E-state index in [1.54, 1.807) is 0 Å². The number of hydrogen-bond donors (Lipinski definition) is 2. The molecule has 4 nitrogen and oxygen atoms in total. The van der Waals surface area contributed by atoms with E-state index in [9.17, 15) is 0 Å². The molecule has 2 rings (SSSR count). The molecule has 0 fully saturated rings. The van der Waals surface area contributed by atoms with E-state index in [-0.39, 0.29) is 6.04 Å². The highest BCUT2D eigenvalue weighted by molar-refractivity contribution is 5.35. The van der Waals surface area contributed by atoms with Crippen molar-refractivity contribution in [3.8, 4) is 0 Å². The fraction of sp³-hybridized carbons (Fsp3) is 0.400. The quantitative estimate of drug-likeness (QED) is 0.639. The Balaban J connectivity index is 2.36. The molecule has 4 heteroatoms. The van der Waals surface area contributed by atoms with Crippen molar-refractivity contribution in [2.24, 2.45) is 12.9 Å². The van der Waals surface area contributed by atoms with E-state index in [1.165, 1.54) is 11.1 Å². The van der Waals surface area contributed by atoms with Gasteiger partial charge >= 0.3 is 0 Å². The average Bonchev–Trinajstić information content (AvgIpc) is 2.71. The summed E-state index contributed by atoms with van der Waals surface area (Å²) in [6.07, 6.45) is 4.26. The maximum Gasteiger partial charge on any atom is 0.0743 e. The second-order valence-electron chi connectivity index (χ2n) is 4.94. The van der Waals surface area contributed by atoms with Crippen molar-refractivity contribution in [1.82, 2.24) is 15.2 Å². The van der Waals surface area contributed by atoms with E-state index >= 15 is 0 Å². The molecule has 0 saturated carbocycles. The summed E-state index contributed by atoms with van der Waals surface area (Å²) < 4.78 is 1.82. The van der Waals surface area contributed by atoms with Crippen LogP contribution < -0.4 is 11.3 Å². The minimum Gasteiger partial charge on any atom is -0.275 e. The van der Waals surface area contributed by atoms with Crippen LogP contribution in [0.3, 0.4) is 0 Å². The van der Waals surface area contributed by atoms with Crippen molar-refractivity contribution in [2.45, 2.75) is 32.7 Å². The lowest BCUT2D eigenvalue weighted by Crippen LogP contribution is -2.29. The fourth-order valence-electron chi connectivity index (χ4n) is 2.48. The minimum atomic E-state index is -0.00879. The number of nitrogens with two attached hydrogens (primary N) is 1. The average molecular weight is 258 g/mol. The highest BCUT2D eigenvalue weighted by Crippen LogP contribution is 2.24. The van der Waals surface area contributed by atoms with Crippen LogP contribution in [0.4, 0.5) is 0 Å². The first kappa shape index (κ1) is 13.8. The van der Waals surface area contributed by atoms with E-state index in [1.807, 2.05) is 24.9 Å². The van der Waals surface area contributed by atoms with Gasteiger partial charge in [-0.1, -0.05) is 37.6 Å². The first-order chi connectivity index (χ1) is 9.15. The minimum absolute atomic E-state index is 0.00879. The first-order valence-corrected chi connectivity index (χ1v) is 6.70. The summed E-state index contributed by atoms with van der Waals surface area (Å²) in [7, 11) is 1.93. The van der Waals surface area contributed by atoms with E-state index in [0.29, 0.717) is 0 Å². The second kappa shape index (κ2) is 5.99. The van der Waals surface area contributed by atoms with Crippen LogP contribution in [0, 0.1) is 6.92 Å². The standard InChI is InChI=1S/C15H22N4/c1-4-6-12-7-5-8-13(9-12)15(17-16)14-10-19(3)18-11(14)2/h5,7-10,15,17H,4,6,16H2,1-3H3. The highest BCUT2D eigenvalue weighted by Gasteiger charge is 2.17. The van der Waals surface area contributed by atoms with Crippen LogP contribution in [0.25, 0.3) is 0 Å². The van der Waals surface area contributed by atoms with E-state index in [0.717, 1.165) is 24.1 Å². The van der Waals surface area contributed by atoms with Gasteiger partial charge in [0.1, 0.15) is 0 Å². The SMILES string of the molecule is CCCc1cccc(C(NN)c2cn(C)nc2C)c1. The molecule has 1 aromatic carbocycles. The van der Waals surface area contributed by atoms with Crippen molar-refractivity contribution in [3.05, 3.63) is 52.8 Å². The van der Waals surface area contributed by atoms with E-state index < -0.39 is 0 Å². The maximum atomic E-state index is 5.75. The number of aromatic nitrogens is 2. The van der Waals surface area contributed by atoms with Gasteiger partial charge in [-0.2, -0.15) is 5.10 Å². The Labute approximate surface area is 114 Å². The summed E-state index contributed by atoms with van der Waals surface area (Å²) in [5.41, 5.74) is 7.57. The molecule has 0 aliphatic rings. The summed E-state index contributed by atoms with van der Waals surface area (Å²) in [4.78, 5) is 0. The van der Waals surface area contributed by atoms with Crippen LogP contribution in [0.15, 0.2) is 30.5 Å². The normalized spacial score (nSPS) is 12.6. The highest BCUT2D eigenvalue weighted by atomic mass is 15.3. The Morgan fingerprint density at radius 1 is 1.42 bits per heavy atom. The third kappa shape index (κ3) is 3.03. The van der Waals surface area contributed by atoms with E-state index in [4.69, 9.17) is 5.84 Å². The molecule has 19 heavy (non-hydrogen) atoms. The molecule has 3 N–H and O–H groups in total. The molecule has 0 radical (unpaired) electrons. The number of hydrazine groups is 1. The molecule has 102 valence electrons. The molecule has 1 unspecified atom stereocenters. The fourth-order valence-corrected chi connectivity index (χ4v) is 2.48. The van der Waals surface area contributed by atoms with Gasteiger partial charge in [-0.25, -0.2) is 5.43 Å². The lowest BCUT2D eigenvalue weighted by atomic mass is 9.97. The van der Waals surface area contributed by atoms with Gasteiger partial charge in [0.05, 0.1) is 11.7 Å². The smallest absolute Gasteiger partial charge is 0.0743 e. The van der Waals surface area contributed by atoms with Crippen molar-refractivity contribution in [2.75, 3.05) is 0 Å². The van der Waals surface area contributed by atoms with Crippen LogP contribution in [-0.4, -0.2) is 9.78 Å². The van der Waals surface area contributed by atoms with Gasteiger partial charge in [-0.15, -0.1) is 0 Å². The zero-order chi connectivity index (χ0) is 13.8. The number of rotatable bonds is 5. The molecule has 0 bridgehead atoms. The molecule has 1 atom stereocenters. The molecule has 0 aliphatic heterocycles. The van der Waals surface area contributed by atoms with Gasteiger partial charge in [-0.3, -0.25) is 10.5 Å². The van der Waals surface area contributed by atoms with Crippen molar-refractivity contribution >= 4 is 0 Å². The van der Waals surface area contributed by atoms with Crippen molar-refractivity contribution in [3.63, 3.8) is 0 Å². The van der Waals surface area contributed by atoms with Crippen molar-refractivity contribution in [1.29, 1.82) is 0 Å². The van der Waals surface area contributed by atoms with Gasteiger partial charge in [0.15, 0.2) is 0 Å².